The van der Waals surface area contributed by atoms with E-state index in [1.165, 1.54) is 6.08 Å². The first kappa shape index (κ1) is 17.6. The van der Waals surface area contributed by atoms with E-state index < -0.39 is 5.97 Å². The average molecular weight is 326 g/mol. The fourth-order valence-corrected chi connectivity index (χ4v) is 2.09. The average Bonchev–Trinajstić information content (AvgIpc) is 2.57. The molecule has 0 fully saturated rings. The standard InChI is InChI=1S/C20H22O4/c1-4-22-18-12-8-16(14-19(18)23-5-2)9-13-20(21)24-17-10-6-15(3)7-11-17/h6-14H,4-5H2,1-3H3. The highest BCUT2D eigenvalue weighted by molar-refractivity contribution is 5.88. The van der Waals surface area contributed by atoms with E-state index >= 15 is 0 Å². The molecular weight excluding hydrogens is 304 g/mol. The van der Waals surface area contributed by atoms with Crippen molar-refractivity contribution < 1.29 is 19.0 Å². The molecule has 126 valence electrons. The van der Waals surface area contributed by atoms with Crippen molar-refractivity contribution in [2.45, 2.75) is 20.8 Å². The van der Waals surface area contributed by atoms with Gasteiger partial charge in [0.15, 0.2) is 11.5 Å². The molecule has 0 aliphatic rings. The highest BCUT2D eigenvalue weighted by atomic mass is 16.5. The Balaban J connectivity index is 2.05. The maximum absolute atomic E-state index is 11.9. The van der Waals surface area contributed by atoms with Gasteiger partial charge >= 0.3 is 5.97 Å². The zero-order chi connectivity index (χ0) is 17.4. The van der Waals surface area contributed by atoms with E-state index in [2.05, 4.69) is 0 Å². The first-order valence-electron chi connectivity index (χ1n) is 7.98. The number of carbonyl (C=O) groups excluding carboxylic acids is 1. The van der Waals surface area contributed by atoms with Gasteiger partial charge in [0, 0.05) is 6.08 Å². The molecule has 2 rings (SSSR count). The fraction of sp³-hybridized carbons (Fsp3) is 0.250. The Kier molecular flexibility index (Phi) is 6.43. The summed E-state index contributed by atoms with van der Waals surface area (Å²) in [5.41, 5.74) is 1.95. The van der Waals surface area contributed by atoms with Crippen molar-refractivity contribution in [2.75, 3.05) is 13.2 Å². The number of hydrogen-bond acceptors (Lipinski definition) is 4. The fourth-order valence-electron chi connectivity index (χ4n) is 2.09. The molecule has 2 aromatic carbocycles. The smallest absolute Gasteiger partial charge is 0.336 e. The normalized spacial score (nSPS) is 10.6. The lowest BCUT2D eigenvalue weighted by Gasteiger charge is -2.11. The van der Waals surface area contributed by atoms with Crippen molar-refractivity contribution >= 4 is 12.0 Å². The third kappa shape index (κ3) is 5.16. The van der Waals surface area contributed by atoms with E-state index in [-0.39, 0.29) is 0 Å². The number of ether oxygens (including phenoxy) is 3. The predicted octanol–water partition coefficient (Wildman–Crippen LogP) is 4.41. The maximum Gasteiger partial charge on any atom is 0.336 e. The van der Waals surface area contributed by atoms with Gasteiger partial charge in [0.2, 0.25) is 0 Å². The van der Waals surface area contributed by atoms with Crippen LogP contribution < -0.4 is 14.2 Å². The van der Waals surface area contributed by atoms with Crippen molar-refractivity contribution in [3.8, 4) is 17.2 Å². The van der Waals surface area contributed by atoms with Gasteiger partial charge < -0.3 is 14.2 Å². The second kappa shape index (κ2) is 8.77. The Morgan fingerprint density at radius 1 is 0.958 bits per heavy atom. The summed E-state index contributed by atoms with van der Waals surface area (Å²) in [5, 5.41) is 0. The van der Waals surface area contributed by atoms with Gasteiger partial charge in [-0.05, 0) is 56.7 Å². The minimum Gasteiger partial charge on any atom is -0.490 e. The van der Waals surface area contributed by atoms with Crippen molar-refractivity contribution in [1.29, 1.82) is 0 Å². The van der Waals surface area contributed by atoms with Crippen LogP contribution in [0.15, 0.2) is 48.5 Å². The van der Waals surface area contributed by atoms with Crippen LogP contribution in [0.2, 0.25) is 0 Å². The maximum atomic E-state index is 11.9. The lowest BCUT2D eigenvalue weighted by Crippen LogP contribution is -2.03. The van der Waals surface area contributed by atoms with Crippen LogP contribution in [-0.4, -0.2) is 19.2 Å². The molecule has 24 heavy (non-hydrogen) atoms. The highest BCUT2D eigenvalue weighted by Crippen LogP contribution is 2.29. The third-order valence-electron chi connectivity index (χ3n) is 3.22. The zero-order valence-corrected chi connectivity index (χ0v) is 14.2. The first-order chi connectivity index (χ1) is 11.6. The molecule has 0 amide bonds. The number of esters is 1. The van der Waals surface area contributed by atoms with Crippen LogP contribution >= 0.6 is 0 Å². The van der Waals surface area contributed by atoms with Gasteiger partial charge in [-0.25, -0.2) is 4.79 Å². The van der Waals surface area contributed by atoms with Gasteiger partial charge in [0.1, 0.15) is 5.75 Å². The topological polar surface area (TPSA) is 44.8 Å². The summed E-state index contributed by atoms with van der Waals surface area (Å²) < 4.78 is 16.3. The lowest BCUT2D eigenvalue weighted by atomic mass is 10.2. The zero-order valence-electron chi connectivity index (χ0n) is 14.2. The minimum absolute atomic E-state index is 0.425. The van der Waals surface area contributed by atoms with Gasteiger partial charge in [0.05, 0.1) is 13.2 Å². The summed E-state index contributed by atoms with van der Waals surface area (Å²) in [6.45, 7) is 6.93. The number of benzene rings is 2. The van der Waals surface area contributed by atoms with Crippen molar-refractivity contribution in [3.05, 3.63) is 59.7 Å². The molecule has 0 aromatic heterocycles. The largest absolute Gasteiger partial charge is 0.490 e. The van der Waals surface area contributed by atoms with Crippen molar-refractivity contribution in [3.63, 3.8) is 0 Å². The first-order valence-corrected chi connectivity index (χ1v) is 7.98. The Morgan fingerprint density at radius 3 is 2.29 bits per heavy atom. The van der Waals surface area contributed by atoms with E-state index in [1.54, 1.807) is 18.2 Å². The minimum atomic E-state index is -0.425. The summed E-state index contributed by atoms with van der Waals surface area (Å²) in [7, 11) is 0. The monoisotopic (exact) mass is 326 g/mol. The predicted molar refractivity (Wildman–Crippen MR) is 94.6 cm³/mol. The molecule has 4 heteroatoms. The van der Waals surface area contributed by atoms with Gasteiger partial charge in [-0.1, -0.05) is 23.8 Å². The Morgan fingerprint density at radius 2 is 1.62 bits per heavy atom. The molecule has 0 N–H and O–H groups in total. The van der Waals surface area contributed by atoms with Gasteiger partial charge in [-0.15, -0.1) is 0 Å². The number of hydrogen-bond donors (Lipinski definition) is 0. The van der Waals surface area contributed by atoms with Gasteiger partial charge in [-0.3, -0.25) is 0 Å². The Bertz CT molecular complexity index is 702. The molecule has 4 nitrogen and oxygen atoms in total. The molecule has 0 spiro atoms. The van der Waals surface area contributed by atoms with Crippen LogP contribution in [0.4, 0.5) is 0 Å². The lowest BCUT2D eigenvalue weighted by molar-refractivity contribution is -0.128. The van der Waals surface area contributed by atoms with E-state index in [9.17, 15) is 4.79 Å². The van der Waals surface area contributed by atoms with Crippen LogP contribution in [-0.2, 0) is 4.79 Å². The third-order valence-corrected chi connectivity index (χ3v) is 3.22. The van der Waals surface area contributed by atoms with Crippen LogP contribution in [0.1, 0.15) is 25.0 Å². The Hall–Kier alpha value is -2.75. The molecular formula is C20H22O4. The molecule has 0 aliphatic carbocycles. The summed E-state index contributed by atoms with van der Waals surface area (Å²) in [4.78, 5) is 11.9. The molecule has 0 unspecified atom stereocenters. The second-order valence-electron chi connectivity index (χ2n) is 5.14. The highest BCUT2D eigenvalue weighted by Gasteiger charge is 2.05. The van der Waals surface area contributed by atoms with E-state index in [1.807, 2.05) is 51.1 Å². The molecule has 0 heterocycles. The Labute approximate surface area is 142 Å². The van der Waals surface area contributed by atoms with Crippen LogP contribution in [0.3, 0.4) is 0 Å². The molecule has 0 atom stereocenters. The second-order valence-corrected chi connectivity index (χ2v) is 5.14. The molecule has 0 radical (unpaired) electrons. The van der Waals surface area contributed by atoms with Crippen LogP contribution in [0.5, 0.6) is 17.2 Å². The molecule has 0 saturated carbocycles. The van der Waals surface area contributed by atoms with Crippen molar-refractivity contribution in [2.24, 2.45) is 0 Å². The molecule has 0 aliphatic heterocycles. The summed E-state index contributed by atoms with van der Waals surface area (Å²) >= 11 is 0. The summed E-state index contributed by atoms with van der Waals surface area (Å²) in [6.07, 6.45) is 3.08. The summed E-state index contributed by atoms with van der Waals surface area (Å²) in [6, 6.07) is 12.9. The summed E-state index contributed by atoms with van der Waals surface area (Å²) in [5.74, 6) is 1.45. The number of aryl methyl sites for hydroxylation is 1. The van der Waals surface area contributed by atoms with E-state index in [4.69, 9.17) is 14.2 Å². The van der Waals surface area contributed by atoms with Gasteiger partial charge in [-0.2, -0.15) is 0 Å². The molecule has 0 saturated heterocycles. The van der Waals surface area contributed by atoms with Gasteiger partial charge in [0.25, 0.3) is 0 Å². The molecule has 0 bridgehead atoms. The van der Waals surface area contributed by atoms with E-state index in [0.29, 0.717) is 30.5 Å². The van der Waals surface area contributed by atoms with Crippen LogP contribution in [0.25, 0.3) is 6.08 Å². The van der Waals surface area contributed by atoms with Crippen LogP contribution in [0, 0.1) is 6.92 Å². The van der Waals surface area contributed by atoms with Crippen molar-refractivity contribution in [1.82, 2.24) is 0 Å². The van der Waals surface area contributed by atoms with E-state index in [0.717, 1.165) is 11.1 Å². The SMILES string of the molecule is CCOc1ccc(C=CC(=O)Oc2ccc(C)cc2)cc1OCC. The molecule has 2 aromatic rings. The number of carbonyl (C=O) groups is 1. The number of rotatable bonds is 7. The quantitative estimate of drug-likeness (QED) is 0.429.